The fourth-order valence-electron chi connectivity index (χ4n) is 2.67. The van der Waals surface area contributed by atoms with Crippen LogP contribution in [0, 0.1) is 0 Å². The van der Waals surface area contributed by atoms with Crippen LogP contribution in [0.3, 0.4) is 0 Å². The summed E-state index contributed by atoms with van der Waals surface area (Å²) >= 11 is 1.77. The third-order valence-electron chi connectivity index (χ3n) is 3.66. The Balaban J connectivity index is 1.89. The molecule has 0 saturated carbocycles. The molecule has 0 fully saturated rings. The summed E-state index contributed by atoms with van der Waals surface area (Å²) in [6.07, 6.45) is -3.13. The second kappa shape index (κ2) is 5.81. The smallest absolute Gasteiger partial charge is 0.307 e. The average molecular weight is 292 g/mol. The average Bonchev–Trinajstić information content (AvgIpc) is 2.76. The highest BCUT2D eigenvalue weighted by atomic mass is 32.1. The van der Waals surface area contributed by atoms with Gasteiger partial charge in [-0.3, -0.25) is 4.90 Å². The van der Waals surface area contributed by atoms with Crippen molar-refractivity contribution >= 4 is 11.3 Å². The zero-order chi connectivity index (χ0) is 14.0. The maximum absolute atomic E-state index is 12.1. The number of nitrogens with zero attached hydrogens (tertiary/aromatic N) is 1. The number of fused-ring (bicyclic) bond motifs is 1. The highest BCUT2D eigenvalue weighted by Gasteiger charge is 2.30. The van der Waals surface area contributed by atoms with Gasteiger partial charge in [-0.2, -0.15) is 13.2 Å². The molecular weight excluding hydrogens is 273 g/mol. The second-order valence-corrected chi connectivity index (χ2v) is 6.06. The number of halogens is 3. The fraction of sp³-hybridized carbons (Fsp3) is 0.692. The Morgan fingerprint density at radius 3 is 2.95 bits per heavy atom. The van der Waals surface area contributed by atoms with Gasteiger partial charge in [-0.05, 0) is 37.3 Å². The van der Waals surface area contributed by atoms with Crippen LogP contribution in [0.5, 0.6) is 0 Å². The molecule has 2 rings (SSSR count). The Labute approximate surface area is 115 Å². The van der Waals surface area contributed by atoms with E-state index in [0.717, 1.165) is 13.0 Å². The van der Waals surface area contributed by atoms with E-state index in [1.807, 2.05) is 6.92 Å². The van der Waals surface area contributed by atoms with E-state index in [0.29, 0.717) is 6.54 Å². The molecule has 0 bridgehead atoms. The monoisotopic (exact) mass is 292 g/mol. The summed E-state index contributed by atoms with van der Waals surface area (Å²) in [5.74, 6) is 0. The van der Waals surface area contributed by atoms with Gasteiger partial charge in [0.05, 0.1) is 6.54 Å². The van der Waals surface area contributed by atoms with Crippen molar-refractivity contribution in [2.24, 2.45) is 0 Å². The first-order valence-electron chi connectivity index (χ1n) is 6.48. The van der Waals surface area contributed by atoms with Crippen molar-refractivity contribution in [3.63, 3.8) is 0 Å². The zero-order valence-electron chi connectivity index (χ0n) is 11.1. The minimum absolute atomic E-state index is 0.102. The van der Waals surface area contributed by atoms with Crippen molar-refractivity contribution in [2.75, 3.05) is 19.6 Å². The third-order valence-corrected chi connectivity index (χ3v) is 4.65. The van der Waals surface area contributed by atoms with E-state index < -0.39 is 12.7 Å². The summed E-state index contributed by atoms with van der Waals surface area (Å²) in [4.78, 5) is 3.69. The molecule has 1 aliphatic rings. The van der Waals surface area contributed by atoms with Crippen molar-refractivity contribution in [2.45, 2.75) is 38.5 Å². The maximum atomic E-state index is 12.1. The van der Waals surface area contributed by atoms with Crippen molar-refractivity contribution in [1.29, 1.82) is 0 Å². The highest BCUT2D eigenvalue weighted by Crippen LogP contribution is 2.33. The number of rotatable bonds is 4. The van der Waals surface area contributed by atoms with E-state index in [4.69, 9.17) is 0 Å². The van der Waals surface area contributed by atoms with Crippen LogP contribution in [0.1, 0.15) is 30.3 Å². The lowest BCUT2D eigenvalue weighted by Gasteiger charge is -2.38. The molecule has 1 N–H and O–H groups in total. The van der Waals surface area contributed by atoms with E-state index in [1.54, 1.807) is 11.3 Å². The number of hydrogen-bond donors (Lipinski definition) is 1. The van der Waals surface area contributed by atoms with E-state index in [-0.39, 0.29) is 12.1 Å². The maximum Gasteiger partial charge on any atom is 0.401 e. The van der Waals surface area contributed by atoms with Gasteiger partial charge in [-0.15, -0.1) is 11.3 Å². The van der Waals surface area contributed by atoms with Gasteiger partial charge >= 0.3 is 6.18 Å². The fourth-order valence-corrected chi connectivity index (χ4v) is 3.63. The lowest BCUT2D eigenvalue weighted by Crippen LogP contribution is -2.46. The lowest BCUT2D eigenvalue weighted by molar-refractivity contribution is -0.125. The van der Waals surface area contributed by atoms with Crippen molar-refractivity contribution in [1.82, 2.24) is 10.2 Å². The van der Waals surface area contributed by atoms with E-state index >= 15 is 0 Å². The van der Waals surface area contributed by atoms with Crippen molar-refractivity contribution in [3.8, 4) is 0 Å². The molecule has 2 unspecified atom stereocenters. The highest BCUT2D eigenvalue weighted by molar-refractivity contribution is 7.10. The third kappa shape index (κ3) is 3.70. The Morgan fingerprint density at radius 1 is 1.53 bits per heavy atom. The first kappa shape index (κ1) is 14.8. The Kier molecular flexibility index (Phi) is 4.53. The molecule has 0 spiro atoms. The summed E-state index contributed by atoms with van der Waals surface area (Å²) in [6, 6.07) is 2.52. The standard InChI is InChI=1S/C13H19F3N2S/c1-9(7-17-8-13(14,15)16)18-5-3-12-11(10(18)2)4-6-19-12/h4,6,9-10,17H,3,5,7-8H2,1-2H3. The van der Waals surface area contributed by atoms with Gasteiger partial charge < -0.3 is 5.32 Å². The molecule has 0 amide bonds. The first-order valence-corrected chi connectivity index (χ1v) is 7.36. The van der Waals surface area contributed by atoms with Gasteiger partial charge in [0.25, 0.3) is 0 Å². The molecular formula is C13H19F3N2S. The van der Waals surface area contributed by atoms with Gasteiger partial charge in [0.15, 0.2) is 0 Å². The summed E-state index contributed by atoms with van der Waals surface area (Å²) < 4.78 is 36.3. The summed E-state index contributed by atoms with van der Waals surface area (Å²) in [7, 11) is 0. The first-order chi connectivity index (χ1) is 8.88. The van der Waals surface area contributed by atoms with Gasteiger partial charge in [0.1, 0.15) is 0 Å². The number of nitrogens with one attached hydrogen (secondary N) is 1. The largest absolute Gasteiger partial charge is 0.401 e. The minimum Gasteiger partial charge on any atom is -0.307 e. The zero-order valence-corrected chi connectivity index (χ0v) is 11.9. The normalized spacial score (nSPS) is 22.3. The predicted molar refractivity (Wildman–Crippen MR) is 71.5 cm³/mol. The number of alkyl halides is 3. The predicted octanol–water partition coefficient (Wildman–Crippen LogP) is 3.21. The topological polar surface area (TPSA) is 15.3 Å². The van der Waals surface area contributed by atoms with Gasteiger partial charge in [-0.1, -0.05) is 0 Å². The van der Waals surface area contributed by atoms with Crippen LogP contribution in [-0.4, -0.2) is 36.8 Å². The van der Waals surface area contributed by atoms with E-state index in [2.05, 4.69) is 28.6 Å². The minimum atomic E-state index is -4.13. The van der Waals surface area contributed by atoms with Crippen LogP contribution in [0.25, 0.3) is 0 Å². The van der Waals surface area contributed by atoms with Crippen LogP contribution in [0.2, 0.25) is 0 Å². The lowest BCUT2D eigenvalue weighted by atomic mass is 9.99. The summed E-state index contributed by atoms with van der Waals surface area (Å²) in [5, 5.41) is 4.59. The van der Waals surface area contributed by atoms with E-state index in [9.17, 15) is 13.2 Å². The van der Waals surface area contributed by atoms with Gasteiger partial charge in [0.2, 0.25) is 0 Å². The van der Waals surface area contributed by atoms with Crippen LogP contribution >= 0.6 is 11.3 Å². The molecule has 0 radical (unpaired) electrons. The molecule has 0 aliphatic carbocycles. The van der Waals surface area contributed by atoms with Crippen molar-refractivity contribution < 1.29 is 13.2 Å². The molecule has 19 heavy (non-hydrogen) atoms. The molecule has 1 aliphatic heterocycles. The van der Waals surface area contributed by atoms with E-state index in [1.165, 1.54) is 10.4 Å². The van der Waals surface area contributed by atoms with Gasteiger partial charge in [-0.25, -0.2) is 0 Å². The van der Waals surface area contributed by atoms with Crippen LogP contribution in [0.4, 0.5) is 13.2 Å². The molecule has 2 heterocycles. The molecule has 0 aromatic carbocycles. The van der Waals surface area contributed by atoms with Crippen LogP contribution in [0.15, 0.2) is 11.4 Å². The van der Waals surface area contributed by atoms with Gasteiger partial charge in [0, 0.05) is 30.1 Å². The molecule has 2 atom stereocenters. The molecule has 2 nitrogen and oxygen atoms in total. The Morgan fingerprint density at radius 2 is 2.26 bits per heavy atom. The molecule has 108 valence electrons. The molecule has 0 saturated heterocycles. The number of hydrogen-bond acceptors (Lipinski definition) is 3. The molecule has 1 aromatic heterocycles. The molecule has 1 aromatic rings. The quantitative estimate of drug-likeness (QED) is 0.916. The van der Waals surface area contributed by atoms with Crippen molar-refractivity contribution in [3.05, 3.63) is 21.9 Å². The second-order valence-electron chi connectivity index (χ2n) is 5.06. The summed E-state index contributed by atoms with van der Waals surface area (Å²) in [6.45, 7) is 4.48. The Hall–Kier alpha value is -0.590. The van der Waals surface area contributed by atoms with Crippen LogP contribution in [-0.2, 0) is 6.42 Å². The summed E-state index contributed by atoms with van der Waals surface area (Å²) in [5.41, 5.74) is 1.33. The van der Waals surface area contributed by atoms with Crippen LogP contribution < -0.4 is 5.32 Å². The SMILES string of the molecule is CC(CNCC(F)(F)F)N1CCc2sccc2C1C. The molecule has 6 heteroatoms. The Bertz CT molecular complexity index is 416. The number of thiophene rings is 1.